The lowest BCUT2D eigenvalue weighted by Gasteiger charge is -2.35. The number of anilines is 1. The van der Waals surface area contributed by atoms with E-state index in [1.807, 2.05) is 13.1 Å². The van der Waals surface area contributed by atoms with E-state index in [0.717, 1.165) is 48.6 Å². The highest BCUT2D eigenvalue weighted by atomic mass is 16.3. The average Bonchev–Trinajstić information content (AvgIpc) is 2.79. The van der Waals surface area contributed by atoms with Crippen LogP contribution >= 0.6 is 0 Å². The summed E-state index contributed by atoms with van der Waals surface area (Å²) >= 11 is 0. The molecule has 0 spiro atoms. The molecule has 1 atom stereocenters. The fourth-order valence-electron chi connectivity index (χ4n) is 5.48. The van der Waals surface area contributed by atoms with Gasteiger partial charge in [0.25, 0.3) is 0 Å². The number of carbonyl (C=O) groups excluding carboxylic acids is 1. The Morgan fingerprint density at radius 3 is 2.60 bits per heavy atom. The van der Waals surface area contributed by atoms with Crippen molar-refractivity contribution in [2.75, 3.05) is 18.5 Å². The van der Waals surface area contributed by atoms with E-state index in [2.05, 4.69) is 41.4 Å². The van der Waals surface area contributed by atoms with Gasteiger partial charge < -0.3 is 20.7 Å². The molecule has 2 fully saturated rings. The second-order valence-corrected chi connectivity index (χ2v) is 10.6. The number of nitrogens with zero attached hydrogens (tertiary/aromatic N) is 1. The smallest absolute Gasteiger partial charge is 0.150 e. The van der Waals surface area contributed by atoms with Crippen LogP contribution in [-0.2, 0) is 13.1 Å². The zero-order chi connectivity index (χ0) is 24.8. The number of phenols is 1. The Hall–Kier alpha value is -2.66. The summed E-state index contributed by atoms with van der Waals surface area (Å²) < 4.78 is 0. The highest BCUT2D eigenvalue weighted by molar-refractivity contribution is 5.89. The maximum atomic E-state index is 11.9. The minimum absolute atomic E-state index is 0.176. The Kier molecular flexibility index (Phi) is 8.61. The van der Waals surface area contributed by atoms with Crippen LogP contribution in [0, 0.1) is 17.2 Å². The number of hydrogen-bond acceptors (Lipinski definition) is 5. The van der Waals surface area contributed by atoms with Crippen LogP contribution in [-0.4, -0.2) is 30.7 Å². The monoisotopic (exact) mass is 475 g/mol. The van der Waals surface area contributed by atoms with Crippen LogP contribution in [0.3, 0.4) is 0 Å². The van der Waals surface area contributed by atoms with E-state index in [9.17, 15) is 9.90 Å². The van der Waals surface area contributed by atoms with Gasteiger partial charge in [-0.2, -0.15) is 0 Å². The third-order valence-corrected chi connectivity index (χ3v) is 8.02. The Morgan fingerprint density at radius 2 is 1.97 bits per heavy atom. The molecule has 2 aromatic rings. The van der Waals surface area contributed by atoms with Crippen LogP contribution < -0.4 is 10.2 Å². The quantitative estimate of drug-likeness (QED) is 0.230. The number of aldehydes is 1. The normalized spacial score (nSPS) is 16.9. The van der Waals surface area contributed by atoms with Gasteiger partial charge in [0.05, 0.1) is 0 Å². The summed E-state index contributed by atoms with van der Waals surface area (Å²) in [5.41, 5.74) is 5.24. The average molecular weight is 476 g/mol. The van der Waals surface area contributed by atoms with Crippen LogP contribution in [0.2, 0.25) is 0 Å². The number of benzene rings is 2. The first-order valence-electron chi connectivity index (χ1n) is 13.4. The van der Waals surface area contributed by atoms with E-state index in [1.54, 1.807) is 6.07 Å². The largest absolute Gasteiger partial charge is 0.508 e. The summed E-state index contributed by atoms with van der Waals surface area (Å²) in [5, 5.41) is 23.0. The SMILES string of the molecule is CCCC(=N)C(c1cccc(N(C)Cc2c(O)cc(CNCC3CCC3)cc2C=O)c1)C1CCC1. The zero-order valence-electron chi connectivity index (χ0n) is 21.4. The minimum Gasteiger partial charge on any atom is -0.508 e. The van der Waals surface area contributed by atoms with Gasteiger partial charge in [0.15, 0.2) is 6.29 Å². The van der Waals surface area contributed by atoms with Crippen LogP contribution in [0.1, 0.15) is 91.3 Å². The second-order valence-electron chi connectivity index (χ2n) is 10.6. The minimum atomic E-state index is 0.176. The lowest BCUT2D eigenvalue weighted by atomic mass is 9.70. The van der Waals surface area contributed by atoms with Gasteiger partial charge in [0, 0.05) is 48.6 Å². The van der Waals surface area contributed by atoms with Crippen molar-refractivity contribution in [3.05, 3.63) is 58.7 Å². The molecule has 1 unspecified atom stereocenters. The van der Waals surface area contributed by atoms with E-state index in [0.29, 0.717) is 30.1 Å². The Morgan fingerprint density at radius 1 is 1.20 bits per heavy atom. The summed E-state index contributed by atoms with van der Waals surface area (Å²) in [5.74, 6) is 1.72. The van der Waals surface area contributed by atoms with Gasteiger partial charge in [-0.15, -0.1) is 0 Å². The summed E-state index contributed by atoms with van der Waals surface area (Å²) in [7, 11) is 2.00. The summed E-state index contributed by atoms with van der Waals surface area (Å²) in [4.78, 5) is 14.0. The molecular weight excluding hydrogens is 434 g/mol. The zero-order valence-corrected chi connectivity index (χ0v) is 21.4. The molecule has 0 amide bonds. The maximum Gasteiger partial charge on any atom is 0.150 e. The Balaban J connectivity index is 1.48. The van der Waals surface area contributed by atoms with Gasteiger partial charge in [-0.25, -0.2) is 0 Å². The first-order valence-corrected chi connectivity index (χ1v) is 13.4. The van der Waals surface area contributed by atoms with Gasteiger partial charge in [-0.05, 0) is 85.9 Å². The molecule has 0 heterocycles. The van der Waals surface area contributed by atoms with Crippen molar-refractivity contribution in [1.82, 2.24) is 5.32 Å². The number of aromatic hydroxyl groups is 1. The molecule has 2 saturated carbocycles. The summed E-state index contributed by atoms with van der Waals surface area (Å²) in [6.07, 6.45) is 10.3. The van der Waals surface area contributed by atoms with Crippen LogP contribution in [0.5, 0.6) is 5.75 Å². The molecular formula is C30H41N3O2. The molecule has 4 rings (SSSR count). The summed E-state index contributed by atoms with van der Waals surface area (Å²) in [6.45, 7) is 4.24. The van der Waals surface area contributed by atoms with Crippen molar-refractivity contribution in [2.45, 2.75) is 77.3 Å². The van der Waals surface area contributed by atoms with Crippen molar-refractivity contribution < 1.29 is 9.90 Å². The van der Waals surface area contributed by atoms with E-state index in [4.69, 9.17) is 5.41 Å². The molecule has 3 N–H and O–H groups in total. The molecule has 0 aliphatic heterocycles. The second kappa shape index (κ2) is 11.9. The van der Waals surface area contributed by atoms with Crippen molar-refractivity contribution >= 4 is 17.7 Å². The molecule has 188 valence electrons. The highest BCUT2D eigenvalue weighted by Gasteiger charge is 2.31. The highest BCUT2D eigenvalue weighted by Crippen LogP contribution is 2.41. The van der Waals surface area contributed by atoms with E-state index in [-0.39, 0.29) is 11.7 Å². The number of phenolic OH excluding ortho intramolecular Hbond substituents is 1. The number of nitrogens with one attached hydrogen (secondary N) is 2. The topological polar surface area (TPSA) is 76.4 Å². The fourth-order valence-corrected chi connectivity index (χ4v) is 5.48. The Labute approximate surface area is 210 Å². The third kappa shape index (κ3) is 6.13. The van der Waals surface area contributed by atoms with Gasteiger partial charge in [-0.1, -0.05) is 38.3 Å². The number of rotatable bonds is 13. The molecule has 5 heteroatoms. The van der Waals surface area contributed by atoms with Gasteiger partial charge in [0.1, 0.15) is 5.75 Å². The fraction of sp³-hybridized carbons (Fsp3) is 0.533. The van der Waals surface area contributed by atoms with Crippen molar-refractivity contribution in [2.24, 2.45) is 11.8 Å². The molecule has 2 aliphatic carbocycles. The van der Waals surface area contributed by atoms with Crippen molar-refractivity contribution in [1.29, 1.82) is 5.41 Å². The van der Waals surface area contributed by atoms with Crippen LogP contribution in [0.15, 0.2) is 36.4 Å². The first kappa shape index (κ1) is 25.4. The van der Waals surface area contributed by atoms with E-state index in [1.165, 1.54) is 44.1 Å². The maximum absolute atomic E-state index is 11.9. The third-order valence-electron chi connectivity index (χ3n) is 8.02. The van der Waals surface area contributed by atoms with Crippen molar-refractivity contribution in [3.8, 4) is 5.75 Å². The van der Waals surface area contributed by atoms with Gasteiger partial charge >= 0.3 is 0 Å². The van der Waals surface area contributed by atoms with Crippen LogP contribution in [0.4, 0.5) is 5.69 Å². The van der Waals surface area contributed by atoms with E-state index >= 15 is 0 Å². The molecule has 0 radical (unpaired) electrons. The Bertz CT molecular complexity index is 1030. The van der Waals surface area contributed by atoms with Crippen molar-refractivity contribution in [3.63, 3.8) is 0 Å². The standard InChI is InChI=1S/C30H41N3O2/c1-3-7-28(31)30(23-10-5-11-23)24-12-6-13-26(16-24)33(2)19-27-25(20-34)14-22(15-29(27)35)18-32-17-21-8-4-9-21/h6,12-16,20-21,23,30-32,35H,3-5,7-11,17-19H2,1-2H3. The number of hydrogen-bond donors (Lipinski definition) is 3. The molecule has 5 nitrogen and oxygen atoms in total. The van der Waals surface area contributed by atoms with Gasteiger partial charge in [-0.3, -0.25) is 4.79 Å². The number of carbonyl (C=O) groups is 1. The lowest BCUT2D eigenvalue weighted by molar-refractivity contribution is 0.112. The molecule has 2 aromatic carbocycles. The first-order chi connectivity index (χ1) is 17.0. The molecule has 35 heavy (non-hydrogen) atoms. The molecule has 0 bridgehead atoms. The predicted molar refractivity (Wildman–Crippen MR) is 144 cm³/mol. The van der Waals surface area contributed by atoms with Gasteiger partial charge in [0.2, 0.25) is 0 Å². The molecule has 0 aromatic heterocycles. The lowest BCUT2D eigenvalue weighted by Crippen LogP contribution is -2.27. The molecule has 2 aliphatic rings. The summed E-state index contributed by atoms with van der Waals surface area (Å²) in [6, 6.07) is 12.2. The van der Waals surface area contributed by atoms with Crippen LogP contribution in [0.25, 0.3) is 0 Å². The molecule has 0 saturated heterocycles. The predicted octanol–water partition coefficient (Wildman–Crippen LogP) is 6.43. The van der Waals surface area contributed by atoms with E-state index < -0.39 is 0 Å².